The molecule has 0 atom stereocenters. The minimum absolute atomic E-state index is 0.0421. The van der Waals surface area contributed by atoms with Gasteiger partial charge in [-0.05, 0) is 49.1 Å². The van der Waals surface area contributed by atoms with Crippen molar-refractivity contribution in [3.63, 3.8) is 0 Å². The van der Waals surface area contributed by atoms with Crippen LogP contribution >= 0.6 is 0 Å². The number of hydrogen-bond acceptors (Lipinski definition) is 2. The van der Waals surface area contributed by atoms with Gasteiger partial charge < -0.3 is 5.32 Å². The molecule has 1 aliphatic rings. The van der Waals surface area contributed by atoms with Gasteiger partial charge in [-0.25, -0.2) is 13.5 Å². The van der Waals surface area contributed by atoms with Gasteiger partial charge in [0.25, 0.3) is 5.91 Å². The molecule has 0 saturated carbocycles. The van der Waals surface area contributed by atoms with E-state index in [-0.39, 0.29) is 12.5 Å². The van der Waals surface area contributed by atoms with Gasteiger partial charge in [0.2, 0.25) is 0 Å². The number of aromatic nitrogens is 2. The molecule has 132 valence electrons. The van der Waals surface area contributed by atoms with Gasteiger partial charge in [-0.2, -0.15) is 5.10 Å². The molecule has 0 fully saturated rings. The maximum Gasteiger partial charge on any atom is 0.272 e. The molecule has 26 heavy (non-hydrogen) atoms. The molecule has 0 radical (unpaired) electrons. The van der Waals surface area contributed by atoms with Crippen molar-refractivity contribution in [2.75, 3.05) is 0 Å². The molecule has 4 nitrogen and oxygen atoms in total. The first-order valence-electron chi connectivity index (χ1n) is 8.51. The van der Waals surface area contributed by atoms with Gasteiger partial charge in [0.15, 0.2) is 5.69 Å². The van der Waals surface area contributed by atoms with Crippen molar-refractivity contribution < 1.29 is 13.6 Å². The standard InChI is InChI=1S/C20H17F2N3O/c21-14-9-13(10-15(22)11-14)12-23-20(26)19-17-7-4-8-18(17)25(24-19)16-5-2-1-3-6-16/h1-3,5-6,9-11H,4,7-8,12H2,(H,23,26). The highest BCUT2D eigenvalue weighted by Gasteiger charge is 2.26. The number of para-hydroxylation sites is 1. The second-order valence-corrected chi connectivity index (χ2v) is 6.34. The first-order valence-corrected chi connectivity index (χ1v) is 8.51. The number of amides is 1. The fourth-order valence-corrected chi connectivity index (χ4v) is 3.38. The van der Waals surface area contributed by atoms with E-state index in [2.05, 4.69) is 10.4 Å². The fourth-order valence-electron chi connectivity index (χ4n) is 3.38. The van der Waals surface area contributed by atoms with Gasteiger partial charge in [-0.1, -0.05) is 18.2 Å². The number of halogens is 2. The third-order valence-electron chi connectivity index (χ3n) is 4.52. The number of nitrogens with zero attached hydrogens (tertiary/aromatic N) is 2. The summed E-state index contributed by atoms with van der Waals surface area (Å²) >= 11 is 0. The molecule has 3 aromatic rings. The number of fused-ring (bicyclic) bond motifs is 1. The quantitative estimate of drug-likeness (QED) is 0.779. The van der Waals surface area contributed by atoms with E-state index in [1.165, 1.54) is 12.1 Å². The van der Waals surface area contributed by atoms with Crippen LogP contribution in [-0.4, -0.2) is 15.7 Å². The highest BCUT2D eigenvalue weighted by Crippen LogP contribution is 2.27. The first kappa shape index (κ1) is 16.4. The lowest BCUT2D eigenvalue weighted by molar-refractivity contribution is 0.0944. The molecule has 0 bridgehead atoms. The van der Waals surface area contributed by atoms with Gasteiger partial charge in [0.05, 0.1) is 5.69 Å². The molecule has 0 saturated heterocycles. The molecule has 1 amide bonds. The Hall–Kier alpha value is -3.02. The lowest BCUT2D eigenvalue weighted by Gasteiger charge is -2.06. The number of carbonyl (C=O) groups is 1. The van der Waals surface area contributed by atoms with Crippen molar-refractivity contribution in [1.82, 2.24) is 15.1 Å². The monoisotopic (exact) mass is 353 g/mol. The summed E-state index contributed by atoms with van der Waals surface area (Å²) in [4.78, 5) is 12.6. The average Bonchev–Trinajstić information content (AvgIpc) is 3.22. The molecule has 1 N–H and O–H groups in total. The van der Waals surface area contributed by atoms with Crippen molar-refractivity contribution in [3.05, 3.63) is 82.7 Å². The van der Waals surface area contributed by atoms with Crippen LogP contribution in [0.15, 0.2) is 48.5 Å². The predicted octanol–water partition coefficient (Wildman–Crippen LogP) is 3.57. The summed E-state index contributed by atoms with van der Waals surface area (Å²) in [7, 11) is 0. The molecular formula is C20H17F2N3O. The van der Waals surface area contributed by atoms with E-state index in [1.54, 1.807) is 0 Å². The minimum atomic E-state index is -0.663. The fraction of sp³-hybridized carbons (Fsp3) is 0.200. The Morgan fingerprint density at radius 3 is 2.54 bits per heavy atom. The molecule has 0 aliphatic heterocycles. The summed E-state index contributed by atoms with van der Waals surface area (Å²) in [6, 6.07) is 12.9. The third-order valence-corrected chi connectivity index (χ3v) is 4.52. The molecule has 1 aliphatic carbocycles. The Labute approximate surface area is 149 Å². The van der Waals surface area contributed by atoms with Crippen LogP contribution in [0.1, 0.15) is 33.7 Å². The SMILES string of the molecule is O=C(NCc1cc(F)cc(F)c1)c1nn(-c2ccccc2)c2c1CCC2. The maximum absolute atomic E-state index is 13.3. The summed E-state index contributed by atoms with van der Waals surface area (Å²) in [6.45, 7) is 0.0421. The predicted molar refractivity (Wildman–Crippen MR) is 93.1 cm³/mol. The lowest BCUT2D eigenvalue weighted by Crippen LogP contribution is -2.24. The van der Waals surface area contributed by atoms with E-state index in [4.69, 9.17) is 0 Å². The summed E-state index contributed by atoms with van der Waals surface area (Å²) in [5, 5.41) is 7.22. The number of carbonyl (C=O) groups excluding carboxylic acids is 1. The van der Waals surface area contributed by atoms with E-state index in [0.29, 0.717) is 11.3 Å². The van der Waals surface area contributed by atoms with Crippen molar-refractivity contribution in [1.29, 1.82) is 0 Å². The summed E-state index contributed by atoms with van der Waals surface area (Å²) < 4.78 is 28.4. The second-order valence-electron chi connectivity index (χ2n) is 6.34. The van der Waals surface area contributed by atoms with Crippen LogP contribution in [0.4, 0.5) is 8.78 Å². The summed E-state index contributed by atoms with van der Waals surface area (Å²) in [5.41, 5.74) is 3.68. The molecular weight excluding hydrogens is 336 g/mol. The van der Waals surface area contributed by atoms with E-state index >= 15 is 0 Å². The summed E-state index contributed by atoms with van der Waals surface area (Å²) in [6.07, 6.45) is 2.66. The average molecular weight is 353 g/mol. The van der Waals surface area contributed by atoms with Crippen LogP contribution in [0.2, 0.25) is 0 Å². The maximum atomic E-state index is 13.3. The van der Waals surface area contributed by atoms with Gasteiger partial charge in [-0.3, -0.25) is 4.79 Å². The zero-order valence-electron chi connectivity index (χ0n) is 14.0. The molecule has 0 unspecified atom stereocenters. The first-order chi connectivity index (χ1) is 12.6. The molecule has 1 aromatic heterocycles. The van der Waals surface area contributed by atoms with E-state index in [9.17, 15) is 13.6 Å². The molecule has 1 heterocycles. The van der Waals surface area contributed by atoms with Gasteiger partial charge >= 0.3 is 0 Å². The normalized spacial score (nSPS) is 12.8. The number of benzene rings is 2. The van der Waals surface area contributed by atoms with Crippen LogP contribution in [0.5, 0.6) is 0 Å². The Balaban J connectivity index is 1.59. The van der Waals surface area contributed by atoms with Crippen LogP contribution in [0.3, 0.4) is 0 Å². The number of nitrogens with one attached hydrogen (secondary N) is 1. The van der Waals surface area contributed by atoms with Crippen LogP contribution in [0.25, 0.3) is 5.69 Å². The molecule has 4 rings (SSSR count). The van der Waals surface area contributed by atoms with Crippen molar-refractivity contribution in [2.24, 2.45) is 0 Å². The topological polar surface area (TPSA) is 46.9 Å². The van der Waals surface area contributed by atoms with E-state index in [1.807, 2.05) is 35.0 Å². The Kier molecular flexibility index (Phi) is 4.24. The van der Waals surface area contributed by atoms with E-state index in [0.717, 1.165) is 42.3 Å². The minimum Gasteiger partial charge on any atom is -0.347 e. The van der Waals surface area contributed by atoms with Crippen molar-refractivity contribution in [2.45, 2.75) is 25.8 Å². The number of rotatable bonds is 4. The Bertz CT molecular complexity index is 946. The molecule has 6 heteroatoms. The zero-order chi connectivity index (χ0) is 18.1. The second kappa shape index (κ2) is 6.71. The summed E-state index contributed by atoms with van der Waals surface area (Å²) in [5.74, 6) is -1.66. The van der Waals surface area contributed by atoms with Gasteiger partial charge in [0.1, 0.15) is 11.6 Å². The highest BCUT2D eigenvalue weighted by molar-refractivity contribution is 5.94. The number of hydrogen-bond donors (Lipinski definition) is 1. The van der Waals surface area contributed by atoms with Crippen molar-refractivity contribution in [3.8, 4) is 5.69 Å². The lowest BCUT2D eigenvalue weighted by atomic mass is 10.1. The van der Waals surface area contributed by atoms with Gasteiger partial charge in [0, 0.05) is 23.9 Å². The highest BCUT2D eigenvalue weighted by atomic mass is 19.1. The smallest absolute Gasteiger partial charge is 0.272 e. The zero-order valence-corrected chi connectivity index (χ0v) is 14.0. The van der Waals surface area contributed by atoms with Crippen LogP contribution in [0, 0.1) is 11.6 Å². The van der Waals surface area contributed by atoms with E-state index < -0.39 is 11.6 Å². The third kappa shape index (κ3) is 3.10. The van der Waals surface area contributed by atoms with Gasteiger partial charge in [-0.15, -0.1) is 0 Å². The molecule has 2 aromatic carbocycles. The Morgan fingerprint density at radius 1 is 1.08 bits per heavy atom. The Morgan fingerprint density at radius 2 is 1.81 bits per heavy atom. The largest absolute Gasteiger partial charge is 0.347 e. The van der Waals surface area contributed by atoms with Crippen LogP contribution in [-0.2, 0) is 19.4 Å². The van der Waals surface area contributed by atoms with Crippen molar-refractivity contribution >= 4 is 5.91 Å². The van der Waals surface area contributed by atoms with Crippen LogP contribution < -0.4 is 5.32 Å². The molecule has 0 spiro atoms.